The Balaban J connectivity index is 1.19. The fourth-order valence-electron chi connectivity index (χ4n) is 3.98. The molecule has 0 saturated carbocycles. The number of carbonyl (C=O) groups is 3. The highest BCUT2D eigenvalue weighted by Crippen LogP contribution is 2.24. The molecule has 3 aromatic rings. The number of nitrogens with one attached hydrogen (secondary N) is 1. The van der Waals surface area contributed by atoms with Gasteiger partial charge in [0.05, 0.1) is 24.3 Å². The molecule has 1 aliphatic heterocycles. The standard InChI is InChI=1S/C28H28N2O4/c1-20-12-13-24-25(15-20)28(33)30(27(24)32)14-6-11-26(31)29-17-22-9-5-10-23(16-22)19-34-18-21-7-3-2-4-8-21/h2-5,7-10,12-13,15-16H,6,11,14,17-19H2,1H3,(H,29,31). The summed E-state index contributed by atoms with van der Waals surface area (Å²) in [5.74, 6) is -0.680. The Morgan fingerprint density at radius 1 is 0.824 bits per heavy atom. The Bertz CT molecular complexity index is 1190. The lowest BCUT2D eigenvalue weighted by Crippen LogP contribution is -2.32. The summed E-state index contributed by atoms with van der Waals surface area (Å²) < 4.78 is 5.79. The highest BCUT2D eigenvalue weighted by Gasteiger charge is 2.34. The maximum absolute atomic E-state index is 12.5. The van der Waals surface area contributed by atoms with Crippen molar-refractivity contribution >= 4 is 17.7 Å². The molecule has 0 saturated heterocycles. The number of ether oxygens (including phenoxy) is 1. The van der Waals surface area contributed by atoms with E-state index in [9.17, 15) is 14.4 Å². The van der Waals surface area contributed by atoms with Gasteiger partial charge in [-0.3, -0.25) is 19.3 Å². The van der Waals surface area contributed by atoms with Gasteiger partial charge < -0.3 is 10.1 Å². The van der Waals surface area contributed by atoms with Gasteiger partial charge in [0, 0.05) is 19.5 Å². The molecule has 1 N–H and O–H groups in total. The molecular weight excluding hydrogens is 428 g/mol. The molecule has 4 rings (SSSR count). The van der Waals surface area contributed by atoms with Crippen molar-refractivity contribution in [2.24, 2.45) is 0 Å². The second-order valence-electron chi connectivity index (χ2n) is 8.49. The molecule has 174 valence electrons. The van der Waals surface area contributed by atoms with Gasteiger partial charge in [-0.2, -0.15) is 0 Å². The Morgan fingerprint density at radius 3 is 2.35 bits per heavy atom. The van der Waals surface area contributed by atoms with Gasteiger partial charge >= 0.3 is 0 Å². The molecular formula is C28H28N2O4. The third-order valence-electron chi connectivity index (χ3n) is 5.77. The summed E-state index contributed by atoms with van der Waals surface area (Å²) in [7, 11) is 0. The smallest absolute Gasteiger partial charge is 0.261 e. The molecule has 0 atom stereocenters. The number of fused-ring (bicyclic) bond motifs is 1. The molecule has 0 spiro atoms. The van der Waals surface area contributed by atoms with Gasteiger partial charge in [-0.15, -0.1) is 0 Å². The molecule has 0 aliphatic carbocycles. The summed E-state index contributed by atoms with van der Waals surface area (Å²) in [5.41, 5.74) is 4.98. The van der Waals surface area contributed by atoms with Crippen molar-refractivity contribution in [2.45, 2.75) is 39.5 Å². The summed E-state index contributed by atoms with van der Waals surface area (Å²) in [5, 5.41) is 2.91. The third-order valence-corrected chi connectivity index (χ3v) is 5.77. The largest absolute Gasteiger partial charge is 0.372 e. The van der Waals surface area contributed by atoms with E-state index < -0.39 is 0 Å². The third kappa shape index (κ3) is 5.77. The van der Waals surface area contributed by atoms with E-state index in [2.05, 4.69) is 5.32 Å². The minimum atomic E-state index is -0.285. The molecule has 1 heterocycles. The van der Waals surface area contributed by atoms with Crippen LogP contribution in [0.2, 0.25) is 0 Å². The molecule has 3 aromatic carbocycles. The van der Waals surface area contributed by atoms with Crippen molar-refractivity contribution in [1.29, 1.82) is 0 Å². The second kappa shape index (κ2) is 10.9. The zero-order valence-corrected chi connectivity index (χ0v) is 19.3. The first-order valence-corrected chi connectivity index (χ1v) is 11.4. The van der Waals surface area contributed by atoms with Crippen LogP contribution in [0.25, 0.3) is 0 Å². The lowest BCUT2D eigenvalue weighted by molar-refractivity contribution is -0.121. The highest BCUT2D eigenvalue weighted by molar-refractivity contribution is 6.21. The van der Waals surface area contributed by atoms with E-state index in [4.69, 9.17) is 4.74 Å². The predicted molar refractivity (Wildman–Crippen MR) is 129 cm³/mol. The van der Waals surface area contributed by atoms with Crippen LogP contribution >= 0.6 is 0 Å². The van der Waals surface area contributed by atoms with E-state index in [0.717, 1.165) is 22.3 Å². The highest BCUT2D eigenvalue weighted by atomic mass is 16.5. The number of amides is 3. The minimum absolute atomic E-state index is 0.113. The van der Waals surface area contributed by atoms with Crippen molar-refractivity contribution in [3.63, 3.8) is 0 Å². The lowest BCUT2D eigenvalue weighted by Gasteiger charge is -2.13. The SMILES string of the molecule is Cc1ccc2c(c1)C(=O)N(CCCC(=O)NCc1cccc(COCc3ccccc3)c1)C2=O. The van der Waals surface area contributed by atoms with Gasteiger partial charge in [0.15, 0.2) is 0 Å². The van der Waals surface area contributed by atoms with Crippen molar-refractivity contribution in [1.82, 2.24) is 10.2 Å². The van der Waals surface area contributed by atoms with Crippen LogP contribution in [0.5, 0.6) is 0 Å². The molecule has 1 aliphatic rings. The van der Waals surface area contributed by atoms with E-state index in [1.54, 1.807) is 12.1 Å². The quantitative estimate of drug-likeness (QED) is 0.459. The first kappa shape index (κ1) is 23.4. The van der Waals surface area contributed by atoms with Gasteiger partial charge in [-0.1, -0.05) is 66.2 Å². The number of carbonyl (C=O) groups excluding carboxylic acids is 3. The Kier molecular flexibility index (Phi) is 7.50. The van der Waals surface area contributed by atoms with Crippen LogP contribution in [0.4, 0.5) is 0 Å². The zero-order chi connectivity index (χ0) is 23.9. The van der Waals surface area contributed by atoms with Crippen molar-refractivity contribution < 1.29 is 19.1 Å². The first-order valence-electron chi connectivity index (χ1n) is 11.4. The second-order valence-corrected chi connectivity index (χ2v) is 8.49. The van der Waals surface area contributed by atoms with Crippen LogP contribution in [-0.4, -0.2) is 29.2 Å². The average Bonchev–Trinajstić information content (AvgIpc) is 3.08. The van der Waals surface area contributed by atoms with Gasteiger partial charge in [-0.05, 0) is 42.2 Å². The average molecular weight is 457 g/mol. The van der Waals surface area contributed by atoms with E-state index in [1.165, 1.54) is 4.90 Å². The molecule has 6 nitrogen and oxygen atoms in total. The molecule has 0 aromatic heterocycles. The Hall–Kier alpha value is -3.77. The lowest BCUT2D eigenvalue weighted by atomic mass is 10.1. The molecule has 34 heavy (non-hydrogen) atoms. The van der Waals surface area contributed by atoms with Gasteiger partial charge in [0.25, 0.3) is 11.8 Å². The Labute approximate surface area is 199 Å². The number of imide groups is 1. The molecule has 6 heteroatoms. The molecule has 0 radical (unpaired) electrons. The number of hydrogen-bond donors (Lipinski definition) is 1. The summed E-state index contributed by atoms with van der Waals surface area (Å²) in [6.07, 6.45) is 0.663. The molecule has 0 fully saturated rings. The molecule has 3 amide bonds. The zero-order valence-electron chi connectivity index (χ0n) is 19.3. The van der Waals surface area contributed by atoms with Crippen LogP contribution in [0.3, 0.4) is 0 Å². The summed E-state index contributed by atoms with van der Waals surface area (Å²) in [6, 6.07) is 23.2. The molecule has 0 bridgehead atoms. The number of aryl methyl sites for hydroxylation is 1. The predicted octanol–water partition coefficient (Wildman–Crippen LogP) is 4.40. The van der Waals surface area contributed by atoms with Gasteiger partial charge in [0.1, 0.15) is 0 Å². The maximum atomic E-state index is 12.5. The van der Waals surface area contributed by atoms with Crippen LogP contribution in [0.1, 0.15) is 55.8 Å². The van der Waals surface area contributed by atoms with Crippen molar-refractivity contribution in [3.05, 3.63) is 106 Å². The van der Waals surface area contributed by atoms with E-state index >= 15 is 0 Å². The summed E-state index contributed by atoms with van der Waals surface area (Å²) in [6.45, 7) is 3.58. The van der Waals surface area contributed by atoms with Crippen LogP contribution in [0.15, 0.2) is 72.8 Å². The molecule has 0 unspecified atom stereocenters. The van der Waals surface area contributed by atoms with Crippen molar-refractivity contribution in [3.8, 4) is 0 Å². The number of nitrogens with zero attached hydrogens (tertiary/aromatic N) is 1. The fraction of sp³-hybridized carbons (Fsp3) is 0.250. The normalized spacial score (nSPS) is 12.7. The van der Waals surface area contributed by atoms with Gasteiger partial charge in [0.2, 0.25) is 5.91 Å². The topological polar surface area (TPSA) is 75.7 Å². The van der Waals surface area contributed by atoms with Crippen LogP contribution in [-0.2, 0) is 29.3 Å². The number of rotatable bonds is 10. The monoisotopic (exact) mass is 456 g/mol. The van der Waals surface area contributed by atoms with E-state index in [1.807, 2.05) is 67.6 Å². The minimum Gasteiger partial charge on any atom is -0.372 e. The number of hydrogen-bond acceptors (Lipinski definition) is 4. The fourth-order valence-corrected chi connectivity index (χ4v) is 3.98. The van der Waals surface area contributed by atoms with E-state index in [0.29, 0.717) is 37.3 Å². The van der Waals surface area contributed by atoms with Gasteiger partial charge in [-0.25, -0.2) is 0 Å². The van der Waals surface area contributed by atoms with Crippen LogP contribution < -0.4 is 5.32 Å². The maximum Gasteiger partial charge on any atom is 0.261 e. The first-order chi connectivity index (χ1) is 16.5. The Morgan fingerprint density at radius 2 is 1.53 bits per heavy atom. The van der Waals surface area contributed by atoms with E-state index in [-0.39, 0.29) is 30.7 Å². The van der Waals surface area contributed by atoms with Crippen LogP contribution in [0, 0.1) is 6.92 Å². The summed E-state index contributed by atoms with van der Waals surface area (Å²) >= 11 is 0. The summed E-state index contributed by atoms with van der Waals surface area (Å²) in [4.78, 5) is 38.6. The number of benzene rings is 3. The van der Waals surface area contributed by atoms with Crippen molar-refractivity contribution in [2.75, 3.05) is 6.54 Å².